The Kier molecular flexibility index (Phi) is 5.19. The molecule has 1 aromatic rings. The Hall–Kier alpha value is -1.10. The molecule has 106 valence electrons. The molecule has 0 bridgehead atoms. The van der Waals surface area contributed by atoms with E-state index < -0.39 is 0 Å². The number of rotatable bonds is 6. The topological polar surface area (TPSA) is 39.7 Å². The lowest BCUT2D eigenvalue weighted by Crippen LogP contribution is -2.23. The van der Waals surface area contributed by atoms with Gasteiger partial charge in [0.05, 0.1) is 19.3 Å². The van der Waals surface area contributed by atoms with Gasteiger partial charge in [0.1, 0.15) is 5.75 Å². The summed E-state index contributed by atoms with van der Waals surface area (Å²) in [7, 11) is 1.96. The summed E-state index contributed by atoms with van der Waals surface area (Å²) in [4.78, 5) is 0. The molecule has 1 N–H and O–H groups in total. The first-order valence-corrected chi connectivity index (χ1v) is 6.86. The fraction of sp³-hybridized carbons (Fsp3) is 0.600. The van der Waals surface area contributed by atoms with Crippen LogP contribution in [0.3, 0.4) is 0 Å². The van der Waals surface area contributed by atoms with Crippen molar-refractivity contribution >= 4 is 0 Å². The SMILES string of the molecule is CNC(CC1OCCO1)c1ccc(OC(C)C)cc1. The predicted molar refractivity (Wildman–Crippen MR) is 74.3 cm³/mol. The molecule has 4 nitrogen and oxygen atoms in total. The van der Waals surface area contributed by atoms with Crippen LogP contribution < -0.4 is 10.1 Å². The zero-order valence-corrected chi connectivity index (χ0v) is 11.9. The quantitative estimate of drug-likeness (QED) is 0.858. The summed E-state index contributed by atoms with van der Waals surface area (Å²) in [5.74, 6) is 0.905. The lowest BCUT2D eigenvalue weighted by molar-refractivity contribution is -0.0526. The number of nitrogens with one attached hydrogen (secondary N) is 1. The molecule has 4 heteroatoms. The van der Waals surface area contributed by atoms with Gasteiger partial charge in [0.25, 0.3) is 0 Å². The van der Waals surface area contributed by atoms with Crippen molar-refractivity contribution in [2.75, 3.05) is 20.3 Å². The second-order valence-electron chi connectivity index (χ2n) is 4.98. The van der Waals surface area contributed by atoms with E-state index in [0.717, 1.165) is 12.2 Å². The van der Waals surface area contributed by atoms with Crippen molar-refractivity contribution in [2.45, 2.75) is 38.7 Å². The highest BCUT2D eigenvalue weighted by atomic mass is 16.7. The van der Waals surface area contributed by atoms with Gasteiger partial charge in [-0.15, -0.1) is 0 Å². The van der Waals surface area contributed by atoms with Crippen LogP contribution in [0, 0.1) is 0 Å². The van der Waals surface area contributed by atoms with E-state index in [2.05, 4.69) is 17.4 Å². The standard InChI is InChI=1S/C15H23NO3/c1-11(2)19-13-6-4-12(5-7-13)14(16-3)10-15-17-8-9-18-15/h4-7,11,14-16H,8-10H2,1-3H3. The van der Waals surface area contributed by atoms with Crippen molar-refractivity contribution in [1.82, 2.24) is 5.32 Å². The minimum absolute atomic E-state index is 0.0935. The lowest BCUT2D eigenvalue weighted by Gasteiger charge is -2.20. The average molecular weight is 265 g/mol. The molecular formula is C15H23NO3. The van der Waals surface area contributed by atoms with E-state index in [4.69, 9.17) is 14.2 Å². The zero-order chi connectivity index (χ0) is 13.7. The van der Waals surface area contributed by atoms with Gasteiger partial charge in [-0.3, -0.25) is 0 Å². The molecule has 1 heterocycles. The van der Waals surface area contributed by atoms with Crippen molar-refractivity contribution in [2.24, 2.45) is 0 Å². The van der Waals surface area contributed by atoms with Gasteiger partial charge in [0, 0.05) is 12.5 Å². The number of hydrogen-bond acceptors (Lipinski definition) is 4. The van der Waals surface area contributed by atoms with Crippen LogP contribution >= 0.6 is 0 Å². The molecule has 0 aliphatic carbocycles. The molecule has 1 atom stereocenters. The van der Waals surface area contributed by atoms with E-state index in [1.165, 1.54) is 5.56 Å². The first-order valence-electron chi connectivity index (χ1n) is 6.86. The second kappa shape index (κ2) is 6.89. The normalized spacial score (nSPS) is 17.9. The van der Waals surface area contributed by atoms with Gasteiger partial charge in [0.2, 0.25) is 0 Å². The molecule has 1 aromatic carbocycles. The smallest absolute Gasteiger partial charge is 0.159 e. The monoisotopic (exact) mass is 265 g/mol. The summed E-state index contributed by atoms with van der Waals surface area (Å²) in [6.45, 7) is 5.45. The Morgan fingerprint density at radius 3 is 2.37 bits per heavy atom. The Morgan fingerprint density at radius 1 is 1.21 bits per heavy atom. The molecule has 0 saturated carbocycles. The van der Waals surface area contributed by atoms with Gasteiger partial charge in [0.15, 0.2) is 6.29 Å². The fourth-order valence-corrected chi connectivity index (χ4v) is 2.21. The Balaban J connectivity index is 1.97. The third-order valence-corrected chi connectivity index (χ3v) is 3.12. The minimum Gasteiger partial charge on any atom is -0.491 e. The largest absolute Gasteiger partial charge is 0.491 e. The number of hydrogen-bond donors (Lipinski definition) is 1. The van der Waals surface area contributed by atoms with Crippen molar-refractivity contribution in [1.29, 1.82) is 0 Å². The highest BCUT2D eigenvalue weighted by Crippen LogP contribution is 2.24. The van der Waals surface area contributed by atoms with E-state index in [9.17, 15) is 0 Å². The number of benzene rings is 1. The van der Waals surface area contributed by atoms with Gasteiger partial charge < -0.3 is 19.5 Å². The van der Waals surface area contributed by atoms with Gasteiger partial charge in [-0.05, 0) is 38.6 Å². The summed E-state index contributed by atoms with van der Waals surface area (Å²) in [5, 5.41) is 3.30. The van der Waals surface area contributed by atoms with Crippen LogP contribution in [-0.2, 0) is 9.47 Å². The van der Waals surface area contributed by atoms with Gasteiger partial charge in [-0.2, -0.15) is 0 Å². The molecule has 1 unspecified atom stereocenters. The maximum atomic E-state index is 5.65. The van der Waals surface area contributed by atoms with Crippen LogP contribution in [0.5, 0.6) is 5.75 Å². The van der Waals surface area contributed by atoms with Crippen molar-refractivity contribution in [3.8, 4) is 5.75 Å². The van der Waals surface area contributed by atoms with Crippen molar-refractivity contribution in [3.63, 3.8) is 0 Å². The first kappa shape index (κ1) is 14.3. The van der Waals surface area contributed by atoms with Crippen molar-refractivity contribution < 1.29 is 14.2 Å². The van der Waals surface area contributed by atoms with E-state index in [0.29, 0.717) is 13.2 Å². The summed E-state index contributed by atoms with van der Waals surface area (Å²) in [6, 6.07) is 8.43. The van der Waals surface area contributed by atoms with E-state index in [1.54, 1.807) is 0 Å². The third kappa shape index (κ3) is 4.20. The molecule has 2 rings (SSSR count). The summed E-state index contributed by atoms with van der Waals surface area (Å²) < 4.78 is 16.6. The van der Waals surface area contributed by atoms with Crippen LogP contribution in [0.2, 0.25) is 0 Å². The Morgan fingerprint density at radius 2 is 1.84 bits per heavy atom. The highest BCUT2D eigenvalue weighted by Gasteiger charge is 2.21. The van der Waals surface area contributed by atoms with Gasteiger partial charge >= 0.3 is 0 Å². The molecular weight excluding hydrogens is 242 g/mol. The maximum absolute atomic E-state index is 5.65. The van der Waals surface area contributed by atoms with Crippen molar-refractivity contribution in [3.05, 3.63) is 29.8 Å². The highest BCUT2D eigenvalue weighted by molar-refractivity contribution is 5.29. The lowest BCUT2D eigenvalue weighted by atomic mass is 10.0. The molecule has 0 amide bonds. The van der Waals surface area contributed by atoms with Crippen LogP contribution in [0.1, 0.15) is 31.9 Å². The van der Waals surface area contributed by atoms with E-state index >= 15 is 0 Å². The minimum atomic E-state index is -0.0935. The predicted octanol–water partition coefficient (Wildman–Crippen LogP) is 2.50. The molecule has 1 saturated heterocycles. The first-order chi connectivity index (χ1) is 9.19. The summed E-state index contributed by atoms with van der Waals surface area (Å²) in [6.07, 6.45) is 0.927. The average Bonchev–Trinajstić information content (AvgIpc) is 2.89. The molecule has 0 radical (unpaired) electrons. The fourth-order valence-electron chi connectivity index (χ4n) is 2.21. The Labute approximate surface area is 115 Å². The van der Waals surface area contributed by atoms with Gasteiger partial charge in [-0.25, -0.2) is 0 Å². The molecule has 0 aromatic heterocycles. The van der Waals surface area contributed by atoms with E-state index in [-0.39, 0.29) is 18.4 Å². The Bertz CT molecular complexity index is 371. The van der Waals surface area contributed by atoms with Crippen LogP contribution in [0.4, 0.5) is 0 Å². The second-order valence-corrected chi connectivity index (χ2v) is 4.98. The van der Waals surface area contributed by atoms with Crippen LogP contribution in [-0.4, -0.2) is 32.7 Å². The molecule has 19 heavy (non-hydrogen) atoms. The third-order valence-electron chi connectivity index (χ3n) is 3.12. The molecule has 1 aliphatic heterocycles. The molecule has 1 fully saturated rings. The molecule has 0 spiro atoms. The van der Waals surface area contributed by atoms with Gasteiger partial charge in [-0.1, -0.05) is 12.1 Å². The zero-order valence-electron chi connectivity index (χ0n) is 11.9. The maximum Gasteiger partial charge on any atom is 0.159 e. The summed E-state index contributed by atoms with van der Waals surface area (Å²) >= 11 is 0. The van der Waals surface area contributed by atoms with Crippen LogP contribution in [0.25, 0.3) is 0 Å². The molecule has 1 aliphatic rings. The summed E-state index contributed by atoms with van der Waals surface area (Å²) in [5.41, 5.74) is 1.22. The van der Waals surface area contributed by atoms with Crippen LogP contribution in [0.15, 0.2) is 24.3 Å². The number of ether oxygens (including phenoxy) is 3. The van der Waals surface area contributed by atoms with E-state index in [1.807, 2.05) is 33.0 Å².